The minimum Gasteiger partial charge on any atom is -0.425 e. The van der Waals surface area contributed by atoms with Crippen molar-refractivity contribution in [1.29, 1.82) is 0 Å². The first-order valence-electron chi connectivity index (χ1n) is 5.87. The monoisotopic (exact) mass is 244 g/mol. The smallest absolute Gasteiger partial charge is 0.219 e. The summed E-state index contributed by atoms with van der Waals surface area (Å²) in [6.45, 7) is 0.859. The van der Waals surface area contributed by atoms with Crippen LogP contribution in [0.3, 0.4) is 0 Å². The number of hydrogen-bond donors (Lipinski definition) is 0. The fraction of sp³-hybridized carbons (Fsp3) is 0.818. The van der Waals surface area contributed by atoms with E-state index in [1.165, 1.54) is 12.8 Å². The standard InChI is InChI=1S/C11H17ClN2O2/c12-6-3-5-10-13-14-11(16-10)8-9-4-1-2-7-15-9/h9H,1-8H2. The lowest BCUT2D eigenvalue weighted by atomic mass is 10.1. The van der Waals surface area contributed by atoms with Gasteiger partial charge in [-0.2, -0.15) is 0 Å². The molecule has 0 amide bonds. The molecule has 0 aromatic carbocycles. The Kier molecular flexibility index (Phi) is 4.60. The maximum absolute atomic E-state index is 5.62. The Morgan fingerprint density at radius 2 is 2.12 bits per heavy atom. The predicted molar refractivity (Wildman–Crippen MR) is 60.6 cm³/mol. The Labute approximate surface area is 100 Å². The molecule has 2 rings (SSSR count). The van der Waals surface area contributed by atoms with Crippen LogP contribution in [0, 0.1) is 0 Å². The van der Waals surface area contributed by atoms with Crippen LogP contribution in [0.5, 0.6) is 0 Å². The van der Waals surface area contributed by atoms with Crippen LogP contribution < -0.4 is 0 Å². The number of hydrogen-bond acceptors (Lipinski definition) is 4. The SMILES string of the molecule is ClCCCc1nnc(CC2CCCCO2)o1. The van der Waals surface area contributed by atoms with Crippen molar-refractivity contribution in [2.45, 2.75) is 44.6 Å². The van der Waals surface area contributed by atoms with Gasteiger partial charge in [0.15, 0.2) is 0 Å². The summed E-state index contributed by atoms with van der Waals surface area (Å²) in [4.78, 5) is 0. The molecule has 2 heterocycles. The predicted octanol–water partition coefficient (Wildman–Crippen LogP) is 2.35. The van der Waals surface area contributed by atoms with Gasteiger partial charge in [-0.3, -0.25) is 0 Å². The zero-order valence-corrected chi connectivity index (χ0v) is 10.1. The quantitative estimate of drug-likeness (QED) is 0.746. The molecule has 0 spiro atoms. The Hall–Kier alpha value is -0.610. The van der Waals surface area contributed by atoms with Crippen molar-refractivity contribution in [3.05, 3.63) is 11.8 Å². The van der Waals surface area contributed by atoms with Gasteiger partial charge >= 0.3 is 0 Å². The van der Waals surface area contributed by atoms with Gasteiger partial charge in [-0.15, -0.1) is 21.8 Å². The van der Waals surface area contributed by atoms with E-state index >= 15 is 0 Å². The summed E-state index contributed by atoms with van der Waals surface area (Å²) in [7, 11) is 0. The van der Waals surface area contributed by atoms with Crippen molar-refractivity contribution in [2.75, 3.05) is 12.5 Å². The molecule has 1 aliphatic heterocycles. The van der Waals surface area contributed by atoms with E-state index < -0.39 is 0 Å². The summed E-state index contributed by atoms with van der Waals surface area (Å²) in [6, 6.07) is 0. The van der Waals surface area contributed by atoms with Crippen molar-refractivity contribution >= 4 is 11.6 Å². The van der Waals surface area contributed by atoms with Crippen LogP contribution in [0.15, 0.2) is 4.42 Å². The molecule has 1 atom stereocenters. The molecule has 0 aliphatic carbocycles. The highest BCUT2D eigenvalue weighted by Crippen LogP contribution is 2.16. The van der Waals surface area contributed by atoms with Gasteiger partial charge < -0.3 is 9.15 Å². The molecule has 0 radical (unpaired) electrons. The van der Waals surface area contributed by atoms with Gasteiger partial charge in [0.05, 0.1) is 12.5 Å². The number of alkyl halides is 1. The lowest BCUT2D eigenvalue weighted by Crippen LogP contribution is -2.21. The molecule has 1 aromatic rings. The fourth-order valence-electron chi connectivity index (χ4n) is 1.85. The molecule has 1 unspecified atom stereocenters. The molecule has 5 heteroatoms. The Morgan fingerprint density at radius 1 is 1.25 bits per heavy atom. The minimum atomic E-state index is 0.259. The van der Waals surface area contributed by atoms with Gasteiger partial charge in [-0.1, -0.05) is 0 Å². The Balaban J connectivity index is 1.81. The summed E-state index contributed by atoms with van der Waals surface area (Å²) in [5.41, 5.74) is 0. The Morgan fingerprint density at radius 3 is 2.88 bits per heavy atom. The van der Waals surface area contributed by atoms with Crippen molar-refractivity contribution in [1.82, 2.24) is 10.2 Å². The van der Waals surface area contributed by atoms with Gasteiger partial charge in [0.25, 0.3) is 0 Å². The molecule has 0 saturated carbocycles. The summed E-state index contributed by atoms with van der Waals surface area (Å²) < 4.78 is 11.2. The van der Waals surface area contributed by atoms with Gasteiger partial charge in [0.1, 0.15) is 0 Å². The van der Waals surface area contributed by atoms with E-state index in [0.29, 0.717) is 17.7 Å². The molecular formula is C11H17ClN2O2. The van der Waals surface area contributed by atoms with E-state index in [9.17, 15) is 0 Å². The van der Waals surface area contributed by atoms with Crippen LogP contribution in [0.1, 0.15) is 37.5 Å². The number of rotatable bonds is 5. The zero-order valence-electron chi connectivity index (χ0n) is 9.32. The first-order valence-corrected chi connectivity index (χ1v) is 6.41. The third kappa shape index (κ3) is 3.46. The molecule has 4 nitrogen and oxygen atoms in total. The van der Waals surface area contributed by atoms with E-state index in [4.69, 9.17) is 20.8 Å². The van der Waals surface area contributed by atoms with Gasteiger partial charge in [-0.05, 0) is 25.7 Å². The summed E-state index contributed by atoms with van der Waals surface area (Å²) in [6.07, 6.45) is 6.15. The number of aromatic nitrogens is 2. The third-order valence-electron chi connectivity index (χ3n) is 2.71. The average molecular weight is 245 g/mol. The molecule has 1 aliphatic rings. The second-order valence-corrected chi connectivity index (χ2v) is 4.45. The first-order chi connectivity index (χ1) is 7.88. The number of nitrogens with zero attached hydrogens (tertiary/aromatic N) is 2. The summed E-state index contributed by atoms with van der Waals surface area (Å²) in [5.74, 6) is 2.01. The van der Waals surface area contributed by atoms with Crippen LogP contribution in [-0.4, -0.2) is 28.8 Å². The van der Waals surface area contributed by atoms with E-state index in [2.05, 4.69) is 10.2 Å². The largest absolute Gasteiger partial charge is 0.425 e. The van der Waals surface area contributed by atoms with Crippen LogP contribution in [0.2, 0.25) is 0 Å². The second kappa shape index (κ2) is 6.21. The Bertz CT molecular complexity index is 311. The maximum Gasteiger partial charge on any atom is 0.219 e. The van der Waals surface area contributed by atoms with Crippen molar-refractivity contribution < 1.29 is 9.15 Å². The zero-order chi connectivity index (χ0) is 11.2. The number of ether oxygens (including phenoxy) is 1. The van der Waals surface area contributed by atoms with Gasteiger partial charge in [-0.25, -0.2) is 0 Å². The number of aryl methyl sites for hydroxylation is 1. The summed E-state index contributed by atoms with van der Waals surface area (Å²) >= 11 is 5.60. The van der Waals surface area contributed by atoms with Crippen LogP contribution in [0.25, 0.3) is 0 Å². The highest BCUT2D eigenvalue weighted by Gasteiger charge is 2.17. The van der Waals surface area contributed by atoms with E-state index in [1.807, 2.05) is 0 Å². The first kappa shape index (κ1) is 11.9. The number of halogens is 1. The van der Waals surface area contributed by atoms with E-state index in [-0.39, 0.29) is 6.10 Å². The highest BCUT2D eigenvalue weighted by molar-refractivity contribution is 6.17. The van der Waals surface area contributed by atoms with E-state index in [1.54, 1.807) is 0 Å². The van der Waals surface area contributed by atoms with Crippen LogP contribution >= 0.6 is 11.6 Å². The highest BCUT2D eigenvalue weighted by atomic mass is 35.5. The summed E-state index contributed by atoms with van der Waals surface area (Å²) in [5, 5.41) is 8.01. The fourth-order valence-corrected chi connectivity index (χ4v) is 1.99. The molecular weight excluding hydrogens is 228 g/mol. The van der Waals surface area contributed by atoms with Crippen LogP contribution in [0.4, 0.5) is 0 Å². The average Bonchev–Trinajstić information content (AvgIpc) is 2.75. The van der Waals surface area contributed by atoms with Crippen molar-refractivity contribution in [3.63, 3.8) is 0 Å². The lowest BCUT2D eigenvalue weighted by molar-refractivity contribution is 0.0130. The molecule has 1 fully saturated rings. The lowest BCUT2D eigenvalue weighted by Gasteiger charge is -2.20. The topological polar surface area (TPSA) is 48.2 Å². The maximum atomic E-state index is 5.62. The molecule has 16 heavy (non-hydrogen) atoms. The van der Waals surface area contributed by atoms with Gasteiger partial charge in [0, 0.05) is 18.9 Å². The van der Waals surface area contributed by atoms with E-state index in [0.717, 1.165) is 32.3 Å². The molecule has 0 N–H and O–H groups in total. The van der Waals surface area contributed by atoms with Crippen molar-refractivity contribution in [3.8, 4) is 0 Å². The van der Waals surface area contributed by atoms with Crippen molar-refractivity contribution in [2.24, 2.45) is 0 Å². The normalized spacial score (nSPS) is 21.2. The van der Waals surface area contributed by atoms with Gasteiger partial charge in [0.2, 0.25) is 11.8 Å². The molecule has 90 valence electrons. The molecule has 1 saturated heterocycles. The van der Waals surface area contributed by atoms with Crippen LogP contribution in [-0.2, 0) is 17.6 Å². The minimum absolute atomic E-state index is 0.259. The molecule has 0 bridgehead atoms. The molecule has 1 aromatic heterocycles. The third-order valence-corrected chi connectivity index (χ3v) is 2.98. The second-order valence-electron chi connectivity index (χ2n) is 4.07.